The summed E-state index contributed by atoms with van der Waals surface area (Å²) in [6, 6.07) is 8.26. The molecular weight excluding hydrogens is 390 g/mol. The molecule has 2 rings (SSSR count). The molecular formula is C21H25N3O6. The van der Waals surface area contributed by atoms with Gasteiger partial charge in [-0.2, -0.15) is 0 Å². The summed E-state index contributed by atoms with van der Waals surface area (Å²) in [5, 5.41) is 16.5. The summed E-state index contributed by atoms with van der Waals surface area (Å²) in [5.74, 6) is -0.307. The normalized spacial score (nSPS) is 11.5. The number of nitrogens with zero attached hydrogens (tertiary/aromatic N) is 1. The highest BCUT2D eigenvalue weighted by atomic mass is 16.6. The van der Waals surface area contributed by atoms with Gasteiger partial charge in [0.25, 0.3) is 11.6 Å². The number of carbonyl (C=O) groups excluding carboxylic acids is 2. The lowest BCUT2D eigenvalue weighted by Gasteiger charge is -2.22. The van der Waals surface area contributed by atoms with Gasteiger partial charge < -0.3 is 20.1 Å². The molecule has 30 heavy (non-hydrogen) atoms. The van der Waals surface area contributed by atoms with Crippen LogP contribution < -0.4 is 20.1 Å². The van der Waals surface area contributed by atoms with Crippen LogP contribution in [0.5, 0.6) is 11.5 Å². The maximum Gasteiger partial charge on any atom is 0.274 e. The van der Waals surface area contributed by atoms with E-state index < -0.39 is 22.8 Å². The Balaban J connectivity index is 2.22. The first-order valence-corrected chi connectivity index (χ1v) is 9.26. The second-order valence-electron chi connectivity index (χ2n) is 7.04. The Morgan fingerprint density at radius 2 is 1.63 bits per heavy atom. The van der Waals surface area contributed by atoms with Crippen molar-refractivity contribution in [1.82, 2.24) is 5.32 Å². The zero-order valence-electron chi connectivity index (χ0n) is 17.5. The number of benzene rings is 2. The number of ether oxygens (including phenoxy) is 2. The largest absolute Gasteiger partial charge is 0.497 e. The van der Waals surface area contributed by atoms with Gasteiger partial charge in [0.1, 0.15) is 17.5 Å². The van der Waals surface area contributed by atoms with Crippen LogP contribution in [0.25, 0.3) is 0 Å². The number of carbonyl (C=O) groups is 2. The van der Waals surface area contributed by atoms with Crippen molar-refractivity contribution in [2.24, 2.45) is 5.92 Å². The Labute approximate surface area is 174 Å². The minimum absolute atomic E-state index is 0.0959. The van der Waals surface area contributed by atoms with E-state index in [1.807, 2.05) is 0 Å². The van der Waals surface area contributed by atoms with E-state index >= 15 is 0 Å². The first-order chi connectivity index (χ1) is 14.2. The van der Waals surface area contributed by atoms with Gasteiger partial charge in [0.2, 0.25) is 5.91 Å². The Bertz CT molecular complexity index is 936. The molecule has 2 aromatic rings. The Morgan fingerprint density at radius 3 is 2.13 bits per heavy atom. The van der Waals surface area contributed by atoms with Crippen molar-refractivity contribution in [2.45, 2.75) is 26.8 Å². The molecule has 0 saturated heterocycles. The molecule has 0 radical (unpaired) electrons. The van der Waals surface area contributed by atoms with E-state index in [9.17, 15) is 19.7 Å². The van der Waals surface area contributed by atoms with Gasteiger partial charge in [-0.1, -0.05) is 19.9 Å². The van der Waals surface area contributed by atoms with Crippen molar-refractivity contribution in [2.75, 3.05) is 19.5 Å². The summed E-state index contributed by atoms with van der Waals surface area (Å²) >= 11 is 0. The molecule has 9 nitrogen and oxygen atoms in total. The van der Waals surface area contributed by atoms with Crippen LogP contribution in [0.4, 0.5) is 11.4 Å². The van der Waals surface area contributed by atoms with E-state index in [0.717, 1.165) is 0 Å². The number of amides is 2. The minimum Gasteiger partial charge on any atom is -0.497 e. The van der Waals surface area contributed by atoms with Crippen LogP contribution in [-0.2, 0) is 4.79 Å². The summed E-state index contributed by atoms with van der Waals surface area (Å²) in [6.07, 6.45) is 0. The molecule has 0 aliphatic heterocycles. The van der Waals surface area contributed by atoms with Gasteiger partial charge >= 0.3 is 0 Å². The lowest BCUT2D eigenvalue weighted by atomic mass is 10.0. The number of hydrogen-bond acceptors (Lipinski definition) is 6. The van der Waals surface area contributed by atoms with Crippen molar-refractivity contribution in [3.8, 4) is 11.5 Å². The number of anilines is 1. The molecule has 1 unspecified atom stereocenters. The van der Waals surface area contributed by atoms with Crippen LogP contribution in [0.2, 0.25) is 0 Å². The first kappa shape index (κ1) is 22.7. The van der Waals surface area contributed by atoms with Gasteiger partial charge in [0.05, 0.1) is 19.1 Å². The third-order valence-corrected chi connectivity index (χ3v) is 4.52. The number of aryl methyl sites for hydroxylation is 1. The number of nitro benzene ring substituents is 1. The quantitative estimate of drug-likeness (QED) is 0.504. The summed E-state index contributed by atoms with van der Waals surface area (Å²) in [4.78, 5) is 36.2. The fourth-order valence-corrected chi connectivity index (χ4v) is 2.80. The Hall–Kier alpha value is -3.62. The van der Waals surface area contributed by atoms with E-state index in [-0.39, 0.29) is 22.9 Å². The molecule has 1 atom stereocenters. The van der Waals surface area contributed by atoms with Crippen LogP contribution in [0.3, 0.4) is 0 Å². The molecule has 0 bridgehead atoms. The second-order valence-corrected chi connectivity index (χ2v) is 7.04. The molecule has 0 aliphatic carbocycles. The van der Waals surface area contributed by atoms with E-state index in [1.54, 1.807) is 39.0 Å². The van der Waals surface area contributed by atoms with E-state index in [4.69, 9.17) is 9.47 Å². The third-order valence-electron chi connectivity index (χ3n) is 4.52. The number of hydrogen-bond donors (Lipinski definition) is 2. The summed E-state index contributed by atoms with van der Waals surface area (Å²) in [7, 11) is 2.95. The molecule has 0 spiro atoms. The van der Waals surface area contributed by atoms with Gasteiger partial charge in [0, 0.05) is 28.9 Å². The minimum atomic E-state index is -0.866. The molecule has 160 valence electrons. The summed E-state index contributed by atoms with van der Waals surface area (Å²) < 4.78 is 10.3. The van der Waals surface area contributed by atoms with Crippen LogP contribution in [0.15, 0.2) is 36.4 Å². The van der Waals surface area contributed by atoms with Crippen molar-refractivity contribution >= 4 is 23.2 Å². The fourth-order valence-electron chi connectivity index (χ4n) is 2.80. The molecule has 2 N–H and O–H groups in total. The Kier molecular flexibility index (Phi) is 7.35. The molecule has 2 aromatic carbocycles. The van der Waals surface area contributed by atoms with Crippen molar-refractivity contribution in [3.05, 3.63) is 57.6 Å². The average Bonchev–Trinajstić information content (AvgIpc) is 2.72. The van der Waals surface area contributed by atoms with E-state index in [1.165, 1.54) is 32.4 Å². The Morgan fingerprint density at radius 1 is 1.03 bits per heavy atom. The molecule has 0 fully saturated rings. The van der Waals surface area contributed by atoms with Crippen molar-refractivity contribution < 1.29 is 24.0 Å². The number of rotatable bonds is 8. The fraction of sp³-hybridized carbons (Fsp3) is 0.333. The summed E-state index contributed by atoms with van der Waals surface area (Å²) in [5.41, 5.74) is 0.941. The van der Waals surface area contributed by atoms with Gasteiger partial charge in [-0.15, -0.1) is 0 Å². The van der Waals surface area contributed by atoms with Gasteiger partial charge in [-0.25, -0.2) is 0 Å². The van der Waals surface area contributed by atoms with Crippen molar-refractivity contribution in [1.29, 1.82) is 0 Å². The molecule has 2 amide bonds. The maximum absolute atomic E-state index is 12.8. The second kappa shape index (κ2) is 9.73. The summed E-state index contributed by atoms with van der Waals surface area (Å²) in [6.45, 7) is 5.19. The van der Waals surface area contributed by atoms with Crippen LogP contribution in [0, 0.1) is 23.0 Å². The standard InChI is InChI=1S/C21H25N3O6/c1-12(2)19(21(26)22-15-7-6-13(3)18(10-15)24(27)28)23-20(25)14-8-16(29-4)11-17(9-14)30-5/h6-12,19H,1-5H3,(H,22,26)(H,23,25). The first-order valence-electron chi connectivity index (χ1n) is 9.26. The van der Waals surface area contributed by atoms with Gasteiger partial charge in [-0.05, 0) is 31.0 Å². The predicted molar refractivity (Wildman–Crippen MR) is 112 cm³/mol. The predicted octanol–water partition coefficient (Wildman–Crippen LogP) is 3.31. The molecule has 9 heteroatoms. The molecule has 0 aliphatic rings. The monoisotopic (exact) mass is 415 g/mol. The van der Waals surface area contributed by atoms with Gasteiger partial charge in [0.15, 0.2) is 0 Å². The lowest BCUT2D eigenvalue weighted by Crippen LogP contribution is -2.47. The van der Waals surface area contributed by atoms with E-state index in [2.05, 4.69) is 10.6 Å². The highest BCUT2D eigenvalue weighted by Crippen LogP contribution is 2.24. The number of nitro groups is 1. The smallest absolute Gasteiger partial charge is 0.274 e. The zero-order chi connectivity index (χ0) is 22.4. The van der Waals surface area contributed by atoms with Crippen LogP contribution in [0.1, 0.15) is 29.8 Å². The van der Waals surface area contributed by atoms with E-state index in [0.29, 0.717) is 17.1 Å². The SMILES string of the molecule is COc1cc(OC)cc(C(=O)NC(C(=O)Nc2ccc(C)c([N+](=O)[O-])c2)C(C)C)c1. The zero-order valence-corrected chi connectivity index (χ0v) is 17.5. The molecule has 0 aromatic heterocycles. The average molecular weight is 415 g/mol. The molecule has 0 heterocycles. The highest BCUT2D eigenvalue weighted by Gasteiger charge is 2.26. The van der Waals surface area contributed by atoms with Crippen LogP contribution in [-0.4, -0.2) is 37.0 Å². The lowest BCUT2D eigenvalue weighted by molar-refractivity contribution is -0.385. The number of nitrogens with one attached hydrogen (secondary N) is 2. The number of methoxy groups -OCH3 is 2. The van der Waals surface area contributed by atoms with Crippen LogP contribution >= 0.6 is 0 Å². The topological polar surface area (TPSA) is 120 Å². The molecule has 0 saturated carbocycles. The maximum atomic E-state index is 12.8. The van der Waals surface area contributed by atoms with Crippen molar-refractivity contribution in [3.63, 3.8) is 0 Å². The van der Waals surface area contributed by atoms with Gasteiger partial charge in [-0.3, -0.25) is 19.7 Å². The third kappa shape index (κ3) is 5.47. The highest BCUT2D eigenvalue weighted by molar-refractivity contribution is 6.01.